The van der Waals surface area contributed by atoms with Gasteiger partial charge in [0, 0.05) is 12.1 Å². The van der Waals surface area contributed by atoms with Gasteiger partial charge < -0.3 is 0 Å². The summed E-state index contributed by atoms with van der Waals surface area (Å²) in [5.74, 6) is -0.575. The van der Waals surface area contributed by atoms with Crippen molar-refractivity contribution in [1.82, 2.24) is 4.41 Å². The Morgan fingerprint density at radius 3 is 2.15 bits per heavy atom. The first-order chi connectivity index (χ1) is 16.1. The molecule has 1 N–H and O–H groups in total. The van der Waals surface area contributed by atoms with Crippen molar-refractivity contribution in [2.24, 2.45) is 5.10 Å². The molecule has 7 nitrogen and oxygen atoms in total. The normalized spacial score (nSPS) is 16.4. The molecule has 0 aromatic heterocycles. The summed E-state index contributed by atoms with van der Waals surface area (Å²) in [6, 6.07) is 18.2. The number of hydrazone groups is 1. The summed E-state index contributed by atoms with van der Waals surface area (Å²) in [4.78, 5) is -0.0552. The molecule has 0 amide bonds. The summed E-state index contributed by atoms with van der Waals surface area (Å²) >= 11 is 0. The molecule has 1 heterocycles. The number of hydrogen-bond donors (Lipinski definition) is 1. The number of aryl methyl sites for hydroxylation is 1. The summed E-state index contributed by atoms with van der Waals surface area (Å²) in [7, 11) is -7.46. The van der Waals surface area contributed by atoms with E-state index < -0.39 is 31.9 Å². The van der Waals surface area contributed by atoms with Crippen LogP contribution < -0.4 is 4.72 Å². The Labute approximate surface area is 199 Å². The van der Waals surface area contributed by atoms with Gasteiger partial charge in [-0.25, -0.2) is 12.8 Å². The number of halogens is 1. The van der Waals surface area contributed by atoms with Gasteiger partial charge in [0.25, 0.3) is 10.0 Å². The number of sulfonamides is 2. The molecule has 0 saturated heterocycles. The minimum Gasteiger partial charge on any atom is -0.284 e. The Kier molecular flexibility index (Phi) is 6.46. The lowest BCUT2D eigenvalue weighted by molar-refractivity contribution is 0.371. The Balaban J connectivity index is 1.71. The highest BCUT2D eigenvalue weighted by Crippen LogP contribution is 2.37. The summed E-state index contributed by atoms with van der Waals surface area (Å²) in [6.07, 6.45) is 0.323. The van der Waals surface area contributed by atoms with Crippen LogP contribution in [0.25, 0.3) is 0 Å². The fourth-order valence-electron chi connectivity index (χ4n) is 3.62. The molecule has 0 spiro atoms. The van der Waals surface area contributed by atoms with E-state index in [9.17, 15) is 21.2 Å². The maximum absolute atomic E-state index is 13.4. The van der Waals surface area contributed by atoms with E-state index in [0.717, 1.165) is 27.7 Å². The Morgan fingerprint density at radius 2 is 1.56 bits per heavy atom. The van der Waals surface area contributed by atoms with E-state index in [2.05, 4.69) is 9.82 Å². The van der Waals surface area contributed by atoms with E-state index in [0.29, 0.717) is 23.4 Å². The number of benzene rings is 3. The van der Waals surface area contributed by atoms with Crippen molar-refractivity contribution in [2.75, 3.05) is 10.5 Å². The molecule has 10 heteroatoms. The van der Waals surface area contributed by atoms with Crippen molar-refractivity contribution >= 4 is 31.4 Å². The van der Waals surface area contributed by atoms with Crippen LogP contribution >= 0.6 is 0 Å². The van der Waals surface area contributed by atoms with E-state index in [1.807, 2.05) is 31.2 Å². The lowest BCUT2D eigenvalue weighted by Crippen LogP contribution is -2.27. The average molecular weight is 502 g/mol. The van der Waals surface area contributed by atoms with Gasteiger partial charge in [0.15, 0.2) is 0 Å². The molecule has 3 aromatic rings. The fraction of sp³-hybridized carbons (Fsp3) is 0.208. The van der Waals surface area contributed by atoms with E-state index in [1.165, 1.54) is 12.1 Å². The van der Waals surface area contributed by atoms with Crippen molar-refractivity contribution in [3.63, 3.8) is 0 Å². The first kappa shape index (κ1) is 23.9. The minimum atomic E-state index is -4.05. The molecule has 0 radical (unpaired) electrons. The molecule has 1 aliphatic heterocycles. The molecule has 1 atom stereocenters. The Bertz CT molecular complexity index is 1420. The topological polar surface area (TPSA) is 95.9 Å². The van der Waals surface area contributed by atoms with Gasteiger partial charge in [0.2, 0.25) is 10.0 Å². The summed E-state index contributed by atoms with van der Waals surface area (Å²) < 4.78 is 67.4. The molecule has 0 bridgehead atoms. The van der Waals surface area contributed by atoms with Crippen LogP contribution in [0.3, 0.4) is 0 Å². The van der Waals surface area contributed by atoms with Gasteiger partial charge in [0.1, 0.15) is 5.82 Å². The average Bonchev–Trinajstić information content (AvgIpc) is 3.26. The summed E-state index contributed by atoms with van der Waals surface area (Å²) in [5.41, 5.74) is 3.45. The van der Waals surface area contributed by atoms with Crippen LogP contribution in [0.15, 0.2) is 82.8 Å². The third-order valence-electron chi connectivity index (χ3n) is 5.56. The molecule has 34 heavy (non-hydrogen) atoms. The van der Waals surface area contributed by atoms with Gasteiger partial charge in [-0.15, -0.1) is 0 Å². The van der Waals surface area contributed by atoms with Crippen molar-refractivity contribution in [1.29, 1.82) is 0 Å². The fourth-order valence-corrected chi connectivity index (χ4v) is 5.69. The van der Waals surface area contributed by atoms with Crippen LogP contribution in [0.2, 0.25) is 0 Å². The standard InChI is InChI=1S/C24H24FN3O4S2/c1-3-33(29,30)27-21-12-8-18(9-13-21)23-16-24(19-6-4-17(2)5-7-19)28(26-23)34(31,32)22-14-10-20(25)11-15-22/h4-15,24,27H,3,16H2,1-2H3. The second-order valence-corrected chi connectivity index (χ2v) is 11.8. The number of anilines is 1. The summed E-state index contributed by atoms with van der Waals surface area (Å²) in [6.45, 7) is 3.49. The van der Waals surface area contributed by atoms with Crippen molar-refractivity contribution in [3.05, 3.63) is 95.3 Å². The van der Waals surface area contributed by atoms with E-state index in [1.54, 1.807) is 31.2 Å². The zero-order valence-electron chi connectivity index (χ0n) is 18.6. The molecule has 1 unspecified atom stereocenters. The van der Waals surface area contributed by atoms with E-state index in [4.69, 9.17) is 0 Å². The molecule has 3 aromatic carbocycles. The number of rotatable bonds is 7. The predicted molar refractivity (Wildman–Crippen MR) is 130 cm³/mol. The third-order valence-corrected chi connectivity index (χ3v) is 8.57. The molecule has 178 valence electrons. The largest absolute Gasteiger partial charge is 0.284 e. The second-order valence-electron chi connectivity index (χ2n) is 7.99. The number of hydrogen-bond acceptors (Lipinski definition) is 5. The van der Waals surface area contributed by atoms with Crippen LogP contribution in [0.1, 0.15) is 36.1 Å². The Hall–Kier alpha value is -3.24. The molecular weight excluding hydrogens is 477 g/mol. The van der Waals surface area contributed by atoms with Crippen molar-refractivity contribution < 1.29 is 21.2 Å². The summed E-state index contributed by atoms with van der Waals surface area (Å²) in [5, 5.41) is 4.46. The van der Waals surface area contributed by atoms with Gasteiger partial charge in [-0.05, 0) is 61.4 Å². The van der Waals surface area contributed by atoms with Gasteiger partial charge >= 0.3 is 0 Å². The molecule has 1 aliphatic rings. The monoisotopic (exact) mass is 501 g/mol. The third kappa shape index (κ3) is 4.97. The highest BCUT2D eigenvalue weighted by Gasteiger charge is 2.37. The maximum Gasteiger partial charge on any atom is 0.279 e. The van der Waals surface area contributed by atoms with E-state index >= 15 is 0 Å². The maximum atomic E-state index is 13.4. The van der Waals surface area contributed by atoms with E-state index in [-0.39, 0.29) is 10.6 Å². The lowest BCUT2D eigenvalue weighted by atomic mass is 9.98. The van der Waals surface area contributed by atoms with Gasteiger partial charge in [-0.2, -0.15) is 17.9 Å². The van der Waals surface area contributed by atoms with Crippen LogP contribution in [0.5, 0.6) is 0 Å². The zero-order valence-corrected chi connectivity index (χ0v) is 20.3. The van der Waals surface area contributed by atoms with Crippen LogP contribution in [-0.4, -0.2) is 32.7 Å². The van der Waals surface area contributed by atoms with Crippen LogP contribution in [-0.2, 0) is 20.0 Å². The zero-order chi connectivity index (χ0) is 24.5. The first-order valence-corrected chi connectivity index (χ1v) is 13.7. The molecule has 0 fully saturated rings. The minimum absolute atomic E-state index is 0.0457. The SMILES string of the molecule is CCS(=O)(=O)Nc1ccc(C2=NN(S(=O)(=O)c3ccc(F)cc3)C(c3ccc(C)cc3)C2)cc1. The predicted octanol–water partition coefficient (Wildman–Crippen LogP) is 4.44. The second kappa shape index (κ2) is 9.19. The van der Waals surface area contributed by atoms with Crippen molar-refractivity contribution in [2.45, 2.75) is 31.2 Å². The van der Waals surface area contributed by atoms with Gasteiger partial charge in [0.05, 0.1) is 22.4 Å². The quantitative estimate of drug-likeness (QED) is 0.518. The highest BCUT2D eigenvalue weighted by molar-refractivity contribution is 7.92. The van der Waals surface area contributed by atoms with Crippen LogP contribution in [0.4, 0.5) is 10.1 Å². The molecule has 0 saturated carbocycles. The highest BCUT2D eigenvalue weighted by atomic mass is 32.2. The number of nitrogens with one attached hydrogen (secondary N) is 1. The molecular formula is C24H24FN3O4S2. The molecule has 4 rings (SSSR count). The number of nitrogens with zero attached hydrogens (tertiary/aromatic N) is 2. The molecule has 0 aliphatic carbocycles. The van der Waals surface area contributed by atoms with Crippen LogP contribution in [0, 0.1) is 12.7 Å². The Morgan fingerprint density at radius 1 is 0.941 bits per heavy atom. The van der Waals surface area contributed by atoms with Gasteiger partial charge in [-0.1, -0.05) is 42.0 Å². The smallest absolute Gasteiger partial charge is 0.279 e. The van der Waals surface area contributed by atoms with Crippen molar-refractivity contribution in [3.8, 4) is 0 Å². The lowest BCUT2D eigenvalue weighted by Gasteiger charge is -2.23. The van der Waals surface area contributed by atoms with Gasteiger partial charge in [-0.3, -0.25) is 4.72 Å². The first-order valence-electron chi connectivity index (χ1n) is 10.6.